The largest absolute Gasteiger partial charge is 0.328 e. The molecule has 2 amide bonds. The zero-order chi connectivity index (χ0) is 17.6. The lowest BCUT2D eigenvalue weighted by Gasteiger charge is -2.41. The predicted molar refractivity (Wildman–Crippen MR) is 99.1 cm³/mol. The van der Waals surface area contributed by atoms with Crippen LogP contribution in [0, 0.1) is 5.92 Å². The number of carbonyl (C=O) groups is 1. The minimum Gasteiger partial charge on any atom is -0.328 e. The van der Waals surface area contributed by atoms with E-state index < -0.39 is 0 Å². The first-order valence-corrected chi connectivity index (χ1v) is 9.11. The van der Waals surface area contributed by atoms with Gasteiger partial charge in [0.05, 0.1) is 5.54 Å². The van der Waals surface area contributed by atoms with Gasteiger partial charge >= 0.3 is 6.03 Å². The van der Waals surface area contributed by atoms with E-state index in [1.54, 1.807) is 17.3 Å². The van der Waals surface area contributed by atoms with Gasteiger partial charge in [0.1, 0.15) is 0 Å². The minimum atomic E-state index is -0.354. The lowest BCUT2D eigenvalue weighted by atomic mass is 9.86. The summed E-state index contributed by atoms with van der Waals surface area (Å²) in [6.45, 7) is 5.31. The van der Waals surface area contributed by atoms with Gasteiger partial charge in [-0.1, -0.05) is 32.1 Å². The summed E-state index contributed by atoms with van der Waals surface area (Å²) in [6, 6.07) is 3.71. The Balaban J connectivity index is 2.08. The fraction of sp³-hybridized carbons (Fsp3) is 0.684. The topological polar surface area (TPSA) is 62.5 Å². The van der Waals surface area contributed by atoms with Gasteiger partial charge in [0, 0.05) is 38.2 Å². The Kier molecular flexibility index (Phi) is 6.60. The van der Waals surface area contributed by atoms with Crippen molar-refractivity contribution in [2.45, 2.75) is 57.9 Å². The number of anilines is 1. The number of amides is 2. The maximum Gasteiger partial charge on any atom is 0.324 e. The minimum absolute atomic E-state index is 0.00691. The van der Waals surface area contributed by atoms with Gasteiger partial charge in [0.15, 0.2) is 0 Å². The van der Waals surface area contributed by atoms with Crippen LogP contribution in [0.2, 0.25) is 0 Å². The maximum absolute atomic E-state index is 13.1. The number of nitrogens with two attached hydrogens (primary N) is 1. The fourth-order valence-electron chi connectivity index (χ4n) is 3.41. The van der Waals surface area contributed by atoms with Crippen molar-refractivity contribution in [2.75, 3.05) is 25.0 Å². The number of pyridine rings is 1. The summed E-state index contributed by atoms with van der Waals surface area (Å²) >= 11 is 0. The summed E-state index contributed by atoms with van der Waals surface area (Å²) in [5.74, 6) is 0.744. The van der Waals surface area contributed by atoms with Crippen molar-refractivity contribution in [3.63, 3.8) is 0 Å². The van der Waals surface area contributed by atoms with Crippen LogP contribution in [0.3, 0.4) is 0 Å². The molecule has 1 aromatic heterocycles. The average molecular weight is 332 g/mol. The normalized spacial score (nSPS) is 16.0. The van der Waals surface area contributed by atoms with Crippen molar-refractivity contribution in [2.24, 2.45) is 11.7 Å². The van der Waals surface area contributed by atoms with Gasteiger partial charge in [-0.25, -0.2) is 4.79 Å². The summed E-state index contributed by atoms with van der Waals surface area (Å²) in [5, 5.41) is 0. The molecule has 0 atom stereocenters. The van der Waals surface area contributed by atoms with Crippen LogP contribution in [-0.2, 0) is 0 Å². The smallest absolute Gasteiger partial charge is 0.324 e. The number of hydrogen-bond donors (Lipinski definition) is 1. The third-order valence-electron chi connectivity index (χ3n) is 5.28. The van der Waals surface area contributed by atoms with Gasteiger partial charge in [-0.3, -0.25) is 9.88 Å². The van der Waals surface area contributed by atoms with Crippen LogP contribution in [-0.4, -0.2) is 41.6 Å². The Labute approximate surface area is 146 Å². The van der Waals surface area contributed by atoms with E-state index in [1.807, 2.05) is 37.9 Å². The quantitative estimate of drug-likeness (QED) is 0.865. The highest BCUT2D eigenvalue weighted by atomic mass is 16.2. The van der Waals surface area contributed by atoms with Gasteiger partial charge in [-0.2, -0.15) is 0 Å². The van der Waals surface area contributed by atoms with Crippen molar-refractivity contribution in [1.29, 1.82) is 0 Å². The van der Waals surface area contributed by atoms with Crippen LogP contribution in [0.4, 0.5) is 10.5 Å². The fourth-order valence-corrected chi connectivity index (χ4v) is 3.41. The van der Waals surface area contributed by atoms with Crippen LogP contribution < -0.4 is 10.6 Å². The van der Waals surface area contributed by atoms with E-state index in [0.29, 0.717) is 6.54 Å². The molecule has 0 aliphatic heterocycles. The molecule has 1 fully saturated rings. The van der Waals surface area contributed by atoms with Crippen molar-refractivity contribution < 1.29 is 4.79 Å². The van der Waals surface area contributed by atoms with Crippen molar-refractivity contribution >= 4 is 11.7 Å². The second-order valence-corrected chi connectivity index (χ2v) is 7.51. The van der Waals surface area contributed by atoms with E-state index in [-0.39, 0.29) is 11.6 Å². The predicted octanol–water partition coefficient (Wildman–Crippen LogP) is 3.65. The van der Waals surface area contributed by atoms with Crippen molar-refractivity contribution in [3.8, 4) is 0 Å². The summed E-state index contributed by atoms with van der Waals surface area (Å²) < 4.78 is 0. The molecule has 5 heteroatoms. The molecule has 5 nitrogen and oxygen atoms in total. The SMILES string of the molecule is CN(C(=O)N(CCC1CCCCC1)C(C)(C)CN)c1ccncc1. The third kappa shape index (κ3) is 4.69. The van der Waals surface area contributed by atoms with Gasteiger partial charge in [0.2, 0.25) is 0 Å². The molecule has 1 heterocycles. The summed E-state index contributed by atoms with van der Waals surface area (Å²) in [6.07, 6.45) is 11.1. The highest BCUT2D eigenvalue weighted by Gasteiger charge is 2.32. The molecule has 0 saturated heterocycles. The maximum atomic E-state index is 13.1. The van der Waals surface area contributed by atoms with Crippen LogP contribution in [0.1, 0.15) is 52.4 Å². The highest BCUT2D eigenvalue weighted by molar-refractivity contribution is 5.91. The lowest BCUT2D eigenvalue weighted by Crippen LogP contribution is -2.56. The zero-order valence-electron chi connectivity index (χ0n) is 15.4. The van der Waals surface area contributed by atoms with E-state index in [1.165, 1.54) is 32.1 Å². The van der Waals surface area contributed by atoms with E-state index in [9.17, 15) is 4.79 Å². The standard InChI is InChI=1S/C19H32N4O/c1-19(2,15-20)23(14-11-16-7-5-4-6-8-16)18(24)22(3)17-9-12-21-13-10-17/h9-10,12-13,16H,4-8,11,14-15,20H2,1-3H3. The van der Waals surface area contributed by atoms with Crippen LogP contribution in [0.5, 0.6) is 0 Å². The number of carbonyl (C=O) groups excluding carboxylic acids is 1. The Morgan fingerprint density at radius 2 is 1.88 bits per heavy atom. The molecular weight excluding hydrogens is 300 g/mol. The number of aromatic nitrogens is 1. The van der Waals surface area contributed by atoms with E-state index in [0.717, 1.165) is 24.6 Å². The molecule has 0 bridgehead atoms. The molecule has 0 unspecified atom stereocenters. The summed E-state index contributed by atoms with van der Waals surface area (Å²) in [7, 11) is 1.82. The molecule has 2 rings (SSSR count). The van der Waals surface area contributed by atoms with Crippen LogP contribution in [0.25, 0.3) is 0 Å². The Hall–Kier alpha value is -1.62. The molecule has 2 N–H and O–H groups in total. The Morgan fingerprint density at radius 1 is 1.25 bits per heavy atom. The summed E-state index contributed by atoms with van der Waals surface area (Å²) in [5.41, 5.74) is 6.47. The molecule has 0 aromatic carbocycles. The number of nitrogens with zero attached hydrogens (tertiary/aromatic N) is 3. The van der Waals surface area contributed by atoms with Crippen molar-refractivity contribution in [1.82, 2.24) is 9.88 Å². The van der Waals surface area contributed by atoms with Crippen LogP contribution in [0.15, 0.2) is 24.5 Å². The molecule has 0 spiro atoms. The first kappa shape index (κ1) is 18.7. The van der Waals surface area contributed by atoms with Crippen molar-refractivity contribution in [3.05, 3.63) is 24.5 Å². The Morgan fingerprint density at radius 3 is 2.46 bits per heavy atom. The monoisotopic (exact) mass is 332 g/mol. The third-order valence-corrected chi connectivity index (χ3v) is 5.28. The second-order valence-electron chi connectivity index (χ2n) is 7.51. The van der Waals surface area contributed by atoms with Gasteiger partial charge in [-0.05, 0) is 38.3 Å². The first-order valence-electron chi connectivity index (χ1n) is 9.11. The average Bonchev–Trinajstić information content (AvgIpc) is 2.62. The molecule has 134 valence electrons. The zero-order valence-corrected chi connectivity index (χ0v) is 15.4. The molecule has 0 radical (unpaired) electrons. The Bertz CT molecular complexity index is 511. The van der Waals surface area contributed by atoms with Gasteiger partial charge in [0.25, 0.3) is 0 Å². The molecule has 24 heavy (non-hydrogen) atoms. The van der Waals surface area contributed by atoms with E-state index >= 15 is 0 Å². The van der Waals surface area contributed by atoms with E-state index in [2.05, 4.69) is 4.98 Å². The lowest BCUT2D eigenvalue weighted by molar-refractivity contribution is 0.136. The summed E-state index contributed by atoms with van der Waals surface area (Å²) in [4.78, 5) is 20.8. The van der Waals surface area contributed by atoms with E-state index in [4.69, 9.17) is 5.73 Å². The van der Waals surface area contributed by atoms with Gasteiger partial charge in [-0.15, -0.1) is 0 Å². The molecular formula is C19H32N4O. The molecule has 1 aliphatic carbocycles. The number of urea groups is 1. The second kappa shape index (κ2) is 8.47. The van der Waals surface area contributed by atoms with Crippen LogP contribution >= 0.6 is 0 Å². The molecule has 1 saturated carbocycles. The molecule has 1 aromatic rings. The number of rotatable bonds is 6. The highest BCUT2D eigenvalue weighted by Crippen LogP contribution is 2.28. The van der Waals surface area contributed by atoms with Gasteiger partial charge < -0.3 is 10.6 Å². The first-order chi connectivity index (χ1) is 11.5. The number of hydrogen-bond acceptors (Lipinski definition) is 3. The molecule has 1 aliphatic rings.